The Balaban J connectivity index is 2.08. The van der Waals surface area contributed by atoms with Crippen LogP contribution in [0.25, 0.3) is 0 Å². The van der Waals surface area contributed by atoms with Crippen LogP contribution in [0, 0.1) is 0 Å². The van der Waals surface area contributed by atoms with E-state index in [0.29, 0.717) is 6.42 Å². The second kappa shape index (κ2) is 6.66. The minimum absolute atomic E-state index is 0.289. The van der Waals surface area contributed by atoms with E-state index in [9.17, 15) is 4.79 Å². The Morgan fingerprint density at radius 3 is 2.57 bits per heavy atom. The monoisotopic (exact) mass is 208 g/mol. The molecule has 0 radical (unpaired) electrons. The average Bonchev–Trinajstić information content (AvgIpc) is 2.18. The smallest absolute Gasteiger partial charge is 0.130 e. The molecule has 1 aromatic carbocycles. The SMILES string of the molecule is CC(=O)CCSCCc1ccccc1. The van der Waals surface area contributed by atoms with Gasteiger partial charge >= 0.3 is 0 Å². The van der Waals surface area contributed by atoms with E-state index < -0.39 is 0 Å². The lowest BCUT2D eigenvalue weighted by atomic mass is 10.2. The van der Waals surface area contributed by atoms with E-state index in [4.69, 9.17) is 0 Å². The Hall–Kier alpha value is -0.760. The van der Waals surface area contributed by atoms with Crippen molar-refractivity contribution in [3.63, 3.8) is 0 Å². The molecule has 0 aromatic heterocycles. The Morgan fingerprint density at radius 1 is 1.21 bits per heavy atom. The standard InChI is InChI=1S/C12H16OS/c1-11(13)7-9-14-10-8-12-5-3-2-4-6-12/h2-6H,7-10H2,1H3. The Labute approximate surface area is 89.9 Å². The number of carbonyl (C=O) groups is 1. The molecule has 0 fully saturated rings. The zero-order valence-electron chi connectivity index (χ0n) is 8.53. The van der Waals surface area contributed by atoms with Gasteiger partial charge in [0.25, 0.3) is 0 Å². The van der Waals surface area contributed by atoms with Crippen molar-refractivity contribution in [1.29, 1.82) is 0 Å². The second-order valence-corrected chi connectivity index (χ2v) is 4.52. The van der Waals surface area contributed by atoms with E-state index in [1.54, 1.807) is 6.92 Å². The summed E-state index contributed by atoms with van der Waals surface area (Å²) in [6, 6.07) is 10.5. The molecule has 0 aliphatic rings. The first-order valence-electron chi connectivity index (χ1n) is 4.90. The summed E-state index contributed by atoms with van der Waals surface area (Å²) in [7, 11) is 0. The number of carbonyl (C=O) groups excluding carboxylic acids is 1. The van der Waals surface area contributed by atoms with Crippen molar-refractivity contribution in [2.45, 2.75) is 19.8 Å². The predicted octanol–water partition coefficient (Wildman–Crippen LogP) is 2.94. The van der Waals surface area contributed by atoms with Crippen molar-refractivity contribution in [3.05, 3.63) is 35.9 Å². The summed E-state index contributed by atoms with van der Waals surface area (Å²) in [5.41, 5.74) is 1.38. The molecule has 0 saturated carbocycles. The van der Waals surface area contributed by atoms with E-state index in [-0.39, 0.29) is 5.78 Å². The number of thioether (sulfide) groups is 1. The lowest BCUT2D eigenvalue weighted by Crippen LogP contribution is -1.94. The van der Waals surface area contributed by atoms with E-state index >= 15 is 0 Å². The van der Waals surface area contributed by atoms with Gasteiger partial charge < -0.3 is 0 Å². The molecule has 14 heavy (non-hydrogen) atoms. The van der Waals surface area contributed by atoms with Gasteiger partial charge in [0, 0.05) is 12.2 Å². The normalized spacial score (nSPS) is 10.1. The number of Topliss-reactive ketones (excluding diaryl/α,β-unsaturated/α-hetero) is 1. The van der Waals surface area contributed by atoms with Crippen LogP contribution in [0.4, 0.5) is 0 Å². The summed E-state index contributed by atoms with van der Waals surface area (Å²) in [5.74, 6) is 2.36. The van der Waals surface area contributed by atoms with Gasteiger partial charge in [0.05, 0.1) is 0 Å². The van der Waals surface area contributed by atoms with E-state index in [1.165, 1.54) is 5.56 Å². The molecule has 0 unspecified atom stereocenters. The molecule has 0 N–H and O–H groups in total. The molecule has 76 valence electrons. The number of benzene rings is 1. The maximum absolute atomic E-state index is 10.7. The van der Waals surface area contributed by atoms with Gasteiger partial charge in [-0.05, 0) is 24.7 Å². The molecule has 2 heteroatoms. The van der Waals surface area contributed by atoms with Crippen molar-refractivity contribution in [1.82, 2.24) is 0 Å². The number of rotatable bonds is 6. The van der Waals surface area contributed by atoms with Gasteiger partial charge in [0.1, 0.15) is 5.78 Å². The Morgan fingerprint density at radius 2 is 1.93 bits per heavy atom. The maximum Gasteiger partial charge on any atom is 0.130 e. The molecule has 1 rings (SSSR count). The minimum Gasteiger partial charge on any atom is -0.300 e. The zero-order valence-corrected chi connectivity index (χ0v) is 9.35. The lowest BCUT2D eigenvalue weighted by Gasteiger charge is -2.00. The molecule has 0 bridgehead atoms. The van der Waals surface area contributed by atoms with Crippen molar-refractivity contribution in [3.8, 4) is 0 Å². The summed E-state index contributed by atoms with van der Waals surface area (Å²) in [6.45, 7) is 1.65. The van der Waals surface area contributed by atoms with Gasteiger partial charge in [-0.3, -0.25) is 4.79 Å². The maximum atomic E-state index is 10.7. The van der Waals surface area contributed by atoms with Gasteiger partial charge in [0.2, 0.25) is 0 Å². The molecule has 1 nitrogen and oxygen atoms in total. The van der Waals surface area contributed by atoms with Crippen LogP contribution in [-0.2, 0) is 11.2 Å². The van der Waals surface area contributed by atoms with E-state index in [1.807, 2.05) is 17.8 Å². The molecule has 0 amide bonds. The zero-order chi connectivity index (χ0) is 10.2. The Bertz CT molecular complexity index is 269. The fraction of sp³-hybridized carbons (Fsp3) is 0.417. The first-order chi connectivity index (χ1) is 6.79. The van der Waals surface area contributed by atoms with Crippen molar-refractivity contribution >= 4 is 17.5 Å². The van der Waals surface area contributed by atoms with Crippen LogP contribution in [0.2, 0.25) is 0 Å². The molecular weight excluding hydrogens is 192 g/mol. The summed E-state index contributed by atoms with van der Waals surface area (Å²) < 4.78 is 0. The van der Waals surface area contributed by atoms with Gasteiger partial charge in [-0.2, -0.15) is 11.8 Å². The molecule has 0 spiro atoms. The van der Waals surface area contributed by atoms with E-state index in [2.05, 4.69) is 24.3 Å². The summed E-state index contributed by atoms with van der Waals surface area (Å²) >= 11 is 1.86. The van der Waals surface area contributed by atoms with Crippen molar-refractivity contribution < 1.29 is 4.79 Å². The number of ketones is 1. The average molecular weight is 208 g/mol. The third-order valence-corrected chi connectivity index (χ3v) is 2.96. The molecule has 0 heterocycles. The topological polar surface area (TPSA) is 17.1 Å². The van der Waals surface area contributed by atoms with Crippen LogP contribution in [0.15, 0.2) is 30.3 Å². The van der Waals surface area contributed by atoms with Gasteiger partial charge in [-0.1, -0.05) is 30.3 Å². The van der Waals surface area contributed by atoms with Crippen LogP contribution in [0.3, 0.4) is 0 Å². The van der Waals surface area contributed by atoms with Crippen LogP contribution < -0.4 is 0 Å². The first-order valence-corrected chi connectivity index (χ1v) is 6.05. The largest absolute Gasteiger partial charge is 0.300 e. The summed E-state index contributed by atoms with van der Waals surface area (Å²) in [5, 5.41) is 0. The van der Waals surface area contributed by atoms with Crippen LogP contribution in [0.1, 0.15) is 18.9 Å². The molecule has 0 saturated heterocycles. The number of hydrogen-bond acceptors (Lipinski definition) is 2. The van der Waals surface area contributed by atoms with Gasteiger partial charge in [-0.15, -0.1) is 0 Å². The molecule has 0 aliphatic carbocycles. The minimum atomic E-state index is 0.289. The summed E-state index contributed by atoms with van der Waals surface area (Å²) in [6.07, 6.45) is 1.81. The highest BCUT2D eigenvalue weighted by molar-refractivity contribution is 7.99. The highest BCUT2D eigenvalue weighted by Crippen LogP contribution is 2.07. The lowest BCUT2D eigenvalue weighted by molar-refractivity contribution is -0.116. The fourth-order valence-electron chi connectivity index (χ4n) is 1.15. The van der Waals surface area contributed by atoms with Crippen molar-refractivity contribution in [2.24, 2.45) is 0 Å². The third kappa shape index (κ3) is 5.07. The van der Waals surface area contributed by atoms with Crippen LogP contribution in [0.5, 0.6) is 0 Å². The van der Waals surface area contributed by atoms with Crippen LogP contribution in [-0.4, -0.2) is 17.3 Å². The van der Waals surface area contributed by atoms with E-state index in [0.717, 1.165) is 17.9 Å². The molecule has 0 atom stereocenters. The fourth-order valence-corrected chi connectivity index (χ4v) is 2.17. The number of hydrogen-bond donors (Lipinski definition) is 0. The highest BCUT2D eigenvalue weighted by Gasteiger charge is 1.95. The quantitative estimate of drug-likeness (QED) is 0.669. The highest BCUT2D eigenvalue weighted by atomic mass is 32.2. The first kappa shape index (κ1) is 11.3. The Kier molecular flexibility index (Phi) is 5.38. The predicted molar refractivity (Wildman–Crippen MR) is 62.8 cm³/mol. The van der Waals surface area contributed by atoms with Gasteiger partial charge in [0.15, 0.2) is 0 Å². The number of aryl methyl sites for hydroxylation is 1. The second-order valence-electron chi connectivity index (χ2n) is 3.30. The molecular formula is C12H16OS. The molecule has 0 aliphatic heterocycles. The molecule has 1 aromatic rings. The summed E-state index contributed by atoms with van der Waals surface area (Å²) in [4.78, 5) is 10.7. The van der Waals surface area contributed by atoms with Crippen LogP contribution >= 0.6 is 11.8 Å². The van der Waals surface area contributed by atoms with Crippen molar-refractivity contribution in [2.75, 3.05) is 11.5 Å². The third-order valence-electron chi connectivity index (χ3n) is 1.98. The van der Waals surface area contributed by atoms with Gasteiger partial charge in [-0.25, -0.2) is 0 Å².